The Morgan fingerprint density at radius 3 is 2.48 bits per heavy atom. The Kier molecular flexibility index (Phi) is 5.21. The van der Waals surface area contributed by atoms with Gasteiger partial charge in [0.05, 0.1) is 6.04 Å². The molecule has 0 saturated carbocycles. The lowest BCUT2D eigenvalue weighted by atomic mass is 10.0. The zero-order valence-electron chi connectivity index (χ0n) is 12.4. The molecule has 1 heterocycles. The Morgan fingerprint density at radius 1 is 1.19 bits per heavy atom. The van der Waals surface area contributed by atoms with Gasteiger partial charge >= 0.3 is 0 Å². The van der Waals surface area contributed by atoms with Crippen LogP contribution in [0.2, 0.25) is 5.02 Å². The highest BCUT2D eigenvalue weighted by molar-refractivity contribution is 6.30. The predicted molar refractivity (Wildman–Crippen MR) is 87.6 cm³/mol. The first kappa shape index (κ1) is 15.8. The fraction of sp³-hybridized carbons (Fsp3) is 0.353. The third-order valence-electron chi connectivity index (χ3n) is 3.56. The highest BCUT2D eigenvalue weighted by Crippen LogP contribution is 2.19. The Hall–Kier alpha value is -1.58. The molecule has 0 aliphatic rings. The van der Waals surface area contributed by atoms with Crippen molar-refractivity contribution in [2.24, 2.45) is 11.7 Å². The predicted octanol–water partition coefficient (Wildman–Crippen LogP) is 3.60. The Labute approximate surface area is 130 Å². The highest BCUT2D eigenvalue weighted by Gasteiger charge is 2.14. The molecule has 1 aromatic carbocycles. The van der Waals surface area contributed by atoms with Crippen molar-refractivity contribution in [1.29, 1.82) is 0 Å². The van der Waals surface area contributed by atoms with Crippen LogP contribution in [-0.4, -0.2) is 4.57 Å². The molecule has 1 unspecified atom stereocenters. The average molecular weight is 305 g/mol. The number of hydrogen-bond donors (Lipinski definition) is 1. The summed E-state index contributed by atoms with van der Waals surface area (Å²) in [6, 6.07) is 10.5. The topological polar surface area (TPSA) is 48.0 Å². The number of nitrogens with zero attached hydrogens (tertiary/aromatic N) is 1. The molecule has 0 spiro atoms. The lowest BCUT2D eigenvalue weighted by Gasteiger charge is -2.15. The van der Waals surface area contributed by atoms with Crippen molar-refractivity contribution in [3.05, 3.63) is 69.1 Å². The number of pyridine rings is 1. The van der Waals surface area contributed by atoms with Crippen molar-refractivity contribution in [2.45, 2.75) is 32.9 Å². The van der Waals surface area contributed by atoms with Crippen molar-refractivity contribution < 1.29 is 0 Å². The van der Waals surface area contributed by atoms with Crippen LogP contribution in [-0.2, 0) is 6.54 Å². The molecule has 0 saturated heterocycles. The zero-order valence-corrected chi connectivity index (χ0v) is 13.2. The van der Waals surface area contributed by atoms with Crippen molar-refractivity contribution in [2.75, 3.05) is 0 Å². The van der Waals surface area contributed by atoms with Gasteiger partial charge in [-0.05, 0) is 36.1 Å². The molecule has 4 heteroatoms. The molecule has 0 radical (unpaired) electrons. The zero-order chi connectivity index (χ0) is 15.4. The van der Waals surface area contributed by atoms with Crippen LogP contribution in [0.25, 0.3) is 0 Å². The molecule has 1 aromatic heterocycles. The van der Waals surface area contributed by atoms with E-state index in [0.29, 0.717) is 16.5 Å². The molecule has 21 heavy (non-hydrogen) atoms. The average Bonchev–Trinajstić information content (AvgIpc) is 2.46. The van der Waals surface area contributed by atoms with Gasteiger partial charge in [0.1, 0.15) is 0 Å². The van der Waals surface area contributed by atoms with Gasteiger partial charge in [0.25, 0.3) is 5.56 Å². The van der Waals surface area contributed by atoms with Crippen molar-refractivity contribution in [3.8, 4) is 0 Å². The number of benzene rings is 1. The van der Waals surface area contributed by atoms with Crippen LogP contribution in [0.5, 0.6) is 0 Å². The van der Waals surface area contributed by atoms with Gasteiger partial charge in [0, 0.05) is 23.3 Å². The number of halogens is 1. The molecule has 0 aliphatic heterocycles. The minimum Gasteiger partial charge on any atom is -0.320 e. The molecule has 2 aromatic rings. The summed E-state index contributed by atoms with van der Waals surface area (Å²) in [5.74, 6) is 0.561. The smallest absolute Gasteiger partial charge is 0.255 e. The fourth-order valence-corrected chi connectivity index (χ4v) is 2.34. The molecular formula is C17H21ClN2O. The SMILES string of the molecule is CC(C)CCn1cccc(C(N)c2ccc(Cl)cc2)c1=O. The number of aromatic nitrogens is 1. The summed E-state index contributed by atoms with van der Waals surface area (Å²) in [5.41, 5.74) is 7.72. The molecule has 0 fully saturated rings. The van der Waals surface area contributed by atoms with Crippen LogP contribution < -0.4 is 11.3 Å². The van der Waals surface area contributed by atoms with E-state index in [0.717, 1.165) is 18.5 Å². The van der Waals surface area contributed by atoms with E-state index in [-0.39, 0.29) is 5.56 Å². The largest absolute Gasteiger partial charge is 0.320 e. The summed E-state index contributed by atoms with van der Waals surface area (Å²) in [4.78, 5) is 12.5. The monoisotopic (exact) mass is 304 g/mol. The first-order chi connectivity index (χ1) is 9.99. The van der Waals surface area contributed by atoms with Gasteiger partial charge in [0.15, 0.2) is 0 Å². The van der Waals surface area contributed by atoms with E-state index in [9.17, 15) is 4.79 Å². The number of hydrogen-bond acceptors (Lipinski definition) is 2. The van der Waals surface area contributed by atoms with Gasteiger partial charge in [-0.3, -0.25) is 4.79 Å². The maximum absolute atomic E-state index is 12.5. The summed E-state index contributed by atoms with van der Waals surface area (Å²) < 4.78 is 1.74. The standard InChI is InChI=1S/C17H21ClN2O/c1-12(2)9-11-20-10-3-4-15(17(20)21)16(19)13-5-7-14(18)8-6-13/h3-8,10,12,16H,9,11,19H2,1-2H3. The van der Waals surface area contributed by atoms with Gasteiger partial charge in [-0.1, -0.05) is 43.6 Å². The second-order valence-electron chi connectivity index (χ2n) is 5.67. The van der Waals surface area contributed by atoms with Crippen molar-refractivity contribution in [3.63, 3.8) is 0 Å². The van der Waals surface area contributed by atoms with Crippen LogP contribution >= 0.6 is 11.6 Å². The number of rotatable bonds is 5. The lowest BCUT2D eigenvalue weighted by Crippen LogP contribution is -2.28. The van der Waals surface area contributed by atoms with E-state index in [2.05, 4.69) is 13.8 Å². The molecule has 0 aliphatic carbocycles. The second-order valence-corrected chi connectivity index (χ2v) is 6.11. The van der Waals surface area contributed by atoms with Gasteiger partial charge < -0.3 is 10.3 Å². The maximum atomic E-state index is 12.5. The van der Waals surface area contributed by atoms with Crippen molar-refractivity contribution in [1.82, 2.24) is 4.57 Å². The van der Waals surface area contributed by atoms with Crippen LogP contribution in [0.3, 0.4) is 0 Å². The van der Waals surface area contributed by atoms with Gasteiger partial charge in [-0.15, -0.1) is 0 Å². The second kappa shape index (κ2) is 6.92. The molecule has 112 valence electrons. The van der Waals surface area contributed by atoms with Crippen LogP contribution in [0, 0.1) is 5.92 Å². The van der Waals surface area contributed by atoms with E-state index in [4.69, 9.17) is 17.3 Å². The summed E-state index contributed by atoms with van der Waals surface area (Å²) >= 11 is 5.88. The first-order valence-corrected chi connectivity index (χ1v) is 7.57. The summed E-state index contributed by atoms with van der Waals surface area (Å²) in [7, 11) is 0. The molecule has 3 nitrogen and oxygen atoms in total. The quantitative estimate of drug-likeness (QED) is 0.917. The van der Waals surface area contributed by atoms with E-state index in [1.807, 2.05) is 24.4 Å². The number of aryl methyl sites for hydroxylation is 1. The fourth-order valence-electron chi connectivity index (χ4n) is 2.22. The molecule has 0 amide bonds. The van der Waals surface area contributed by atoms with E-state index in [1.54, 1.807) is 22.8 Å². The van der Waals surface area contributed by atoms with Crippen LogP contribution in [0.4, 0.5) is 0 Å². The Bertz CT molecular complexity index is 647. The Balaban J connectivity index is 2.29. The van der Waals surface area contributed by atoms with Crippen LogP contribution in [0.15, 0.2) is 47.4 Å². The third kappa shape index (κ3) is 3.96. The summed E-state index contributed by atoms with van der Waals surface area (Å²) in [6.07, 6.45) is 2.79. The normalized spacial score (nSPS) is 12.6. The highest BCUT2D eigenvalue weighted by atomic mass is 35.5. The van der Waals surface area contributed by atoms with E-state index >= 15 is 0 Å². The molecule has 2 N–H and O–H groups in total. The van der Waals surface area contributed by atoms with Crippen molar-refractivity contribution >= 4 is 11.6 Å². The minimum absolute atomic E-state index is 0.0133. The summed E-state index contributed by atoms with van der Waals surface area (Å²) in [6.45, 7) is 5.01. The molecule has 1 atom stereocenters. The van der Waals surface area contributed by atoms with Gasteiger partial charge in [-0.25, -0.2) is 0 Å². The first-order valence-electron chi connectivity index (χ1n) is 7.19. The lowest BCUT2D eigenvalue weighted by molar-refractivity contribution is 0.505. The molecule has 2 rings (SSSR count). The minimum atomic E-state index is -0.429. The third-order valence-corrected chi connectivity index (χ3v) is 3.81. The van der Waals surface area contributed by atoms with E-state index < -0.39 is 6.04 Å². The van der Waals surface area contributed by atoms with E-state index in [1.165, 1.54) is 0 Å². The maximum Gasteiger partial charge on any atom is 0.255 e. The Morgan fingerprint density at radius 2 is 1.86 bits per heavy atom. The number of nitrogens with two attached hydrogens (primary N) is 1. The summed E-state index contributed by atoms with van der Waals surface area (Å²) in [5, 5.41) is 0.661. The molecular weight excluding hydrogens is 284 g/mol. The van der Waals surface area contributed by atoms with Gasteiger partial charge in [-0.2, -0.15) is 0 Å². The molecule has 0 bridgehead atoms. The van der Waals surface area contributed by atoms with Gasteiger partial charge in [0.2, 0.25) is 0 Å². The van der Waals surface area contributed by atoms with Crippen LogP contribution in [0.1, 0.15) is 37.4 Å².